The van der Waals surface area contributed by atoms with E-state index in [1.807, 2.05) is 17.5 Å². The van der Waals surface area contributed by atoms with E-state index in [4.69, 9.17) is 0 Å². The number of rotatable bonds is 8. The highest BCUT2D eigenvalue weighted by atomic mass is 35.5. The largest absolute Gasteiger partial charge is 0.356 e. The van der Waals surface area contributed by atoms with E-state index in [0.717, 1.165) is 24.4 Å². The molecule has 1 atom stereocenters. The molecule has 1 unspecified atom stereocenters. The number of halogens is 1. The molecule has 24 heavy (non-hydrogen) atoms. The SMILES string of the molecule is CC(CC(=O)NCCCNC(=O)c1cccs1)C1CCNCC1.Cl. The lowest BCUT2D eigenvalue weighted by molar-refractivity contribution is -0.122. The van der Waals surface area contributed by atoms with Crippen molar-refractivity contribution in [1.82, 2.24) is 16.0 Å². The monoisotopic (exact) mass is 373 g/mol. The summed E-state index contributed by atoms with van der Waals surface area (Å²) in [6, 6.07) is 3.67. The van der Waals surface area contributed by atoms with Crippen molar-refractivity contribution in [2.24, 2.45) is 11.8 Å². The first-order valence-corrected chi connectivity index (χ1v) is 9.34. The predicted octanol–water partition coefficient (Wildman–Crippen LogP) is 2.43. The van der Waals surface area contributed by atoms with E-state index in [1.54, 1.807) is 0 Å². The molecule has 5 nitrogen and oxygen atoms in total. The van der Waals surface area contributed by atoms with Gasteiger partial charge in [-0.2, -0.15) is 0 Å². The summed E-state index contributed by atoms with van der Waals surface area (Å²) in [5.41, 5.74) is 0. The first-order chi connectivity index (χ1) is 11.2. The molecule has 1 aliphatic rings. The lowest BCUT2D eigenvalue weighted by Gasteiger charge is -2.27. The van der Waals surface area contributed by atoms with Gasteiger partial charge in [0.15, 0.2) is 0 Å². The number of hydrogen-bond acceptors (Lipinski definition) is 4. The molecule has 1 aromatic heterocycles. The molecule has 1 aliphatic heterocycles. The molecular formula is C17H28ClN3O2S. The molecule has 2 rings (SSSR count). The zero-order chi connectivity index (χ0) is 16.5. The summed E-state index contributed by atoms with van der Waals surface area (Å²) in [5.74, 6) is 1.19. The van der Waals surface area contributed by atoms with Gasteiger partial charge in [-0.15, -0.1) is 23.7 Å². The Labute approximate surface area is 154 Å². The van der Waals surface area contributed by atoms with Crippen molar-refractivity contribution >= 4 is 35.6 Å². The smallest absolute Gasteiger partial charge is 0.261 e. The van der Waals surface area contributed by atoms with Gasteiger partial charge in [0.05, 0.1) is 4.88 Å². The van der Waals surface area contributed by atoms with Crippen LogP contribution < -0.4 is 16.0 Å². The van der Waals surface area contributed by atoms with Crippen LogP contribution in [0.1, 0.15) is 42.3 Å². The molecular weight excluding hydrogens is 346 g/mol. The van der Waals surface area contributed by atoms with Crippen LogP contribution in [0.2, 0.25) is 0 Å². The third-order valence-corrected chi connectivity index (χ3v) is 5.27. The summed E-state index contributed by atoms with van der Waals surface area (Å²) < 4.78 is 0. The van der Waals surface area contributed by atoms with Gasteiger partial charge in [-0.1, -0.05) is 13.0 Å². The lowest BCUT2D eigenvalue weighted by atomic mass is 9.84. The van der Waals surface area contributed by atoms with Crippen molar-refractivity contribution in [3.05, 3.63) is 22.4 Å². The molecule has 0 radical (unpaired) electrons. The molecule has 0 aromatic carbocycles. The van der Waals surface area contributed by atoms with Crippen LogP contribution in [-0.4, -0.2) is 38.0 Å². The summed E-state index contributed by atoms with van der Waals surface area (Å²) in [5, 5.41) is 11.1. The molecule has 1 fully saturated rings. The van der Waals surface area contributed by atoms with Crippen LogP contribution in [0.3, 0.4) is 0 Å². The summed E-state index contributed by atoms with van der Waals surface area (Å²) >= 11 is 1.43. The molecule has 7 heteroatoms. The van der Waals surface area contributed by atoms with E-state index < -0.39 is 0 Å². The van der Waals surface area contributed by atoms with Crippen molar-refractivity contribution in [2.75, 3.05) is 26.2 Å². The quantitative estimate of drug-likeness (QED) is 0.613. The van der Waals surface area contributed by atoms with E-state index in [2.05, 4.69) is 22.9 Å². The Balaban J connectivity index is 0.00000288. The van der Waals surface area contributed by atoms with Gasteiger partial charge in [0.1, 0.15) is 0 Å². The standard InChI is InChI=1S/C17H27N3O2S.ClH/c1-13(14-5-9-18-10-6-14)12-16(21)19-7-3-8-20-17(22)15-4-2-11-23-15;/h2,4,11,13-14,18H,3,5-10,12H2,1H3,(H,19,21)(H,20,22);1H. The maximum absolute atomic E-state index is 12.0. The van der Waals surface area contributed by atoms with Crippen LogP contribution in [-0.2, 0) is 4.79 Å². The van der Waals surface area contributed by atoms with Gasteiger partial charge in [0.25, 0.3) is 5.91 Å². The second kappa shape index (κ2) is 11.4. The Morgan fingerprint density at radius 1 is 1.29 bits per heavy atom. The Kier molecular flexibility index (Phi) is 9.98. The average molecular weight is 374 g/mol. The first kappa shape index (κ1) is 20.9. The summed E-state index contributed by atoms with van der Waals surface area (Å²) in [6.07, 6.45) is 3.70. The summed E-state index contributed by atoms with van der Waals surface area (Å²) in [7, 11) is 0. The van der Waals surface area contributed by atoms with Crippen LogP contribution in [0.15, 0.2) is 17.5 Å². The van der Waals surface area contributed by atoms with Crippen molar-refractivity contribution < 1.29 is 9.59 Å². The Morgan fingerprint density at radius 3 is 2.67 bits per heavy atom. The molecule has 1 saturated heterocycles. The predicted molar refractivity (Wildman–Crippen MR) is 101 cm³/mol. The topological polar surface area (TPSA) is 70.2 Å². The molecule has 0 aliphatic carbocycles. The second-order valence-electron chi connectivity index (χ2n) is 6.21. The van der Waals surface area contributed by atoms with Gasteiger partial charge >= 0.3 is 0 Å². The molecule has 2 amide bonds. The normalized spacial score (nSPS) is 16.0. The van der Waals surface area contributed by atoms with Gasteiger partial charge in [-0.25, -0.2) is 0 Å². The second-order valence-corrected chi connectivity index (χ2v) is 7.15. The van der Waals surface area contributed by atoms with Crippen molar-refractivity contribution in [3.63, 3.8) is 0 Å². The van der Waals surface area contributed by atoms with Gasteiger partial charge in [-0.05, 0) is 55.6 Å². The molecule has 3 N–H and O–H groups in total. The number of hydrogen-bond donors (Lipinski definition) is 3. The summed E-state index contributed by atoms with van der Waals surface area (Å²) in [6.45, 7) is 5.52. The van der Waals surface area contributed by atoms with Gasteiger partial charge in [-0.3, -0.25) is 9.59 Å². The molecule has 0 spiro atoms. The van der Waals surface area contributed by atoms with Crippen molar-refractivity contribution in [2.45, 2.75) is 32.6 Å². The number of amides is 2. The van der Waals surface area contributed by atoms with Crippen LogP contribution in [0.4, 0.5) is 0 Å². The highest BCUT2D eigenvalue weighted by Crippen LogP contribution is 2.24. The van der Waals surface area contributed by atoms with Gasteiger partial charge in [0.2, 0.25) is 5.91 Å². The number of carbonyl (C=O) groups is 2. The lowest BCUT2D eigenvalue weighted by Crippen LogP contribution is -2.34. The van der Waals surface area contributed by atoms with Crippen LogP contribution in [0.5, 0.6) is 0 Å². The molecule has 0 bridgehead atoms. The van der Waals surface area contributed by atoms with Crippen LogP contribution in [0, 0.1) is 11.8 Å². The maximum atomic E-state index is 12.0. The fraction of sp³-hybridized carbons (Fsp3) is 0.647. The average Bonchev–Trinajstić information content (AvgIpc) is 3.09. The minimum absolute atomic E-state index is 0. The molecule has 0 saturated carbocycles. The number of thiophene rings is 1. The van der Waals surface area contributed by atoms with Crippen LogP contribution >= 0.6 is 23.7 Å². The fourth-order valence-corrected chi connectivity index (χ4v) is 3.60. The van der Waals surface area contributed by atoms with E-state index >= 15 is 0 Å². The number of piperidine rings is 1. The summed E-state index contributed by atoms with van der Waals surface area (Å²) in [4.78, 5) is 24.4. The molecule has 136 valence electrons. The Bertz CT molecular complexity index is 490. The third-order valence-electron chi connectivity index (χ3n) is 4.40. The minimum atomic E-state index is -0.0362. The number of carbonyl (C=O) groups excluding carboxylic acids is 2. The van der Waals surface area contributed by atoms with Crippen LogP contribution in [0.25, 0.3) is 0 Å². The number of nitrogens with one attached hydrogen (secondary N) is 3. The zero-order valence-electron chi connectivity index (χ0n) is 14.2. The third kappa shape index (κ3) is 7.20. The Morgan fingerprint density at radius 2 is 2.00 bits per heavy atom. The maximum Gasteiger partial charge on any atom is 0.261 e. The van der Waals surface area contributed by atoms with E-state index in [1.165, 1.54) is 24.2 Å². The minimum Gasteiger partial charge on any atom is -0.356 e. The fourth-order valence-electron chi connectivity index (χ4n) is 2.96. The Hall–Kier alpha value is -1.11. The van der Waals surface area contributed by atoms with Gasteiger partial charge < -0.3 is 16.0 Å². The van der Waals surface area contributed by atoms with Gasteiger partial charge in [0, 0.05) is 19.5 Å². The van der Waals surface area contributed by atoms with E-state index in [-0.39, 0.29) is 24.2 Å². The van der Waals surface area contributed by atoms with E-state index in [0.29, 0.717) is 31.3 Å². The molecule has 1 aromatic rings. The first-order valence-electron chi connectivity index (χ1n) is 8.46. The van der Waals surface area contributed by atoms with E-state index in [9.17, 15) is 9.59 Å². The van der Waals surface area contributed by atoms with Crippen molar-refractivity contribution in [1.29, 1.82) is 0 Å². The molecule has 2 heterocycles. The van der Waals surface area contributed by atoms with Crippen molar-refractivity contribution in [3.8, 4) is 0 Å². The zero-order valence-corrected chi connectivity index (χ0v) is 15.8. The highest BCUT2D eigenvalue weighted by molar-refractivity contribution is 7.12. The highest BCUT2D eigenvalue weighted by Gasteiger charge is 2.21.